The molecule has 1 aliphatic heterocycles. The van der Waals surface area contributed by atoms with E-state index >= 15 is 0 Å². The minimum atomic E-state index is -0.440. The van der Waals surface area contributed by atoms with Crippen molar-refractivity contribution in [3.8, 4) is 22.7 Å². The summed E-state index contributed by atoms with van der Waals surface area (Å²) in [6, 6.07) is 11.0. The molecule has 3 aromatic rings. The second-order valence-corrected chi connectivity index (χ2v) is 7.55. The van der Waals surface area contributed by atoms with Crippen LogP contribution in [0.5, 0.6) is 5.75 Å². The maximum absolute atomic E-state index is 13.5. The van der Waals surface area contributed by atoms with Crippen molar-refractivity contribution in [2.24, 2.45) is 0 Å². The lowest BCUT2D eigenvalue weighted by molar-refractivity contribution is 0.468. The van der Waals surface area contributed by atoms with E-state index in [0.717, 1.165) is 37.9 Å². The fourth-order valence-electron chi connectivity index (χ4n) is 3.93. The number of aromatic hydroxyl groups is 1. The van der Waals surface area contributed by atoms with Crippen LogP contribution in [0.25, 0.3) is 16.9 Å². The third kappa shape index (κ3) is 3.63. The molecule has 1 fully saturated rings. The van der Waals surface area contributed by atoms with E-state index in [1.807, 2.05) is 6.92 Å². The third-order valence-corrected chi connectivity index (χ3v) is 5.59. The van der Waals surface area contributed by atoms with Crippen LogP contribution in [-0.4, -0.2) is 28.0 Å². The zero-order valence-electron chi connectivity index (χ0n) is 16.9. The topological polar surface area (TPSA) is 84.4 Å². The number of rotatable bonds is 4. The summed E-state index contributed by atoms with van der Waals surface area (Å²) in [5.74, 6) is -0.245. The van der Waals surface area contributed by atoms with Gasteiger partial charge in [-0.1, -0.05) is 13.0 Å². The Kier molecular flexibility index (Phi) is 5.44. The number of phenols is 1. The molecule has 6 nitrogen and oxygen atoms in total. The highest BCUT2D eigenvalue weighted by Crippen LogP contribution is 2.34. The molecule has 3 N–H and O–H groups in total. The number of benzene rings is 2. The monoisotopic (exact) mass is 408 g/mol. The second kappa shape index (κ2) is 8.18. The molecule has 30 heavy (non-hydrogen) atoms. The highest BCUT2D eigenvalue weighted by Gasteiger charge is 2.24. The van der Waals surface area contributed by atoms with E-state index in [2.05, 4.69) is 10.00 Å². The molecule has 1 saturated heterocycles. The minimum absolute atomic E-state index is 0.102. The Morgan fingerprint density at radius 1 is 1.10 bits per heavy atom. The quantitative estimate of drug-likeness (QED) is 0.684. The molecule has 0 amide bonds. The van der Waals surface area contributed by atoms with E-state index in [1.54, 1.807) is 24.3 Å². The van der Waals surface area contributed by atoms with Crippen LogP contribution in [0.1, 0.15) is 31.7 Å². The van der Waals surface area contributed by atoms with Crippen molar-refractivity contribution >= 4 is 11.4 Å². The molecule has 1 aromatic heterocycles. The number of hydrogen-bond acceptors (Lipinski definition) is 5. The van der Waals surface area contributed by atoms with Gasteiger partial charge in [0.15, 0.2) is 0 Å². The molecular weight excluding hydrogens is 383 g/mol. The average Bonchev–Trinajstić information content (AvgIpc) is 2.76. The molecule has 0 radical (unpaired) electrons. The van der Waals surface area contributed by atoms with Crippen LogP contribution in [-0.2, 0) is 6.42 Å². The molecule has 0 unspecified atom stereocenters. The van der Waals surface area contributed by atoms with Crippen LogP contribution in [0, 0.1) is 5.82 Å². The number of hydrogen-bond donors (Lipinski definition) is 2. The van der Waals surface area contributed by atoms with E-state index in [1.165, 1.54) is 22.9 Å². The first-order chi connectivity index (χ1) is 14.5. The first kappa shape index (κ1) is 19.9. The van der Waals surface area contributed by atoms with E-state index in [4.69, 9.17) is 5.73 Å². The number of nitrogens with zero attached hydrogens (tertiary/aromatic N) is 3. The predicted octanol–water partition coefficient (Wildman–Crippen LogP) is 3.88. The molecule has 2 heterocycles. The van der Waals surface area contributed by atoms with Crippen molar-refractivity contribution < 1.29 is 9.50 Å². The molecule has 0 spiro atoms. The highest BCUT2D eigenvalue weighted by molar-refractivity contribution is 5.83. The third-order valence-electron chi connectivity index (χ3n) is 5.59. The molecule has 4 rings (SSSR count). The van der Waals surface area contributed by atoms with Gasteiger partial charge in [-0.15, -0.1) is 0 Å². The Morgan fingerprint density at radius 3 is 2.43 bits per heavy atom. The van der Waals surface area contributed by atoms with Gasteiger partial charge in [0.2, 0.25) is 0 Å². The van der Waals surface area contributed by atoms with Gasteiger partial charge in [0.25, 0.3) is 5.56 Å². The van der Waals surface area contributed by atoms with Crippen molar-refractivity contribution in [2.75, 3.05) is 23.7 Å². The van der Waals surface area contributed by atoms with Crippen molar-refractivity contribution in [3.05, 3.63) is 64.2 Å². The summed E-state index contributed by atoms with van der Waals surface area (Å²) in [5.41, 5.74) is 9.02. The summed E-state index contributed by atoms with van der Waals surface area (Å²) in [6.07, 6.45) is 3.83. The van der Waals surface area contributed by atoms with Gasteiger partial charge in [-0.3, -0.25) is 4.79 Å². The smallest absolute Gasteiger partial charge is 0.296 e. The first-order valence-corrected chi connectivity index (χ1v) is 10.3. The zero-order valence-corrected chi connectivity index (χ0v) is 16.9. The van der Waals surface area contributed by atoms with Crippen molar-refractivity contribution in [2.45, 2.75) is 32.6 Å². The number of nitrogen functional groups attached to an aromatic ring is 1. The largest absolute Gasteiger partial charge is 0.508 e. The first-order valence-electron chi connectivity index (χ1n) is 10.3. The van der Waals surface area contributed by atoms with E-state index in [9.17, 15) is 14.3 Å². The maximum atomic E-state index is 13.5. The molecule has 156 valence electrons. The number of anilines is 2. The Bertz CT molecular complexity index is 1120. The summed E-state index contributed by atoms with van der Waals surface area (Å²) in [7, 11) is 0. The Balaban J connectivity index is 1.94. The molecule has 7 heteroatoms. The van der Waals surface area contributed by atoms with Crippen LogP contribution in [0.3, 0.4) is 0 Å². The SMILES string of the molecule is CCc1ccc(-n2nc(-c3ccc(F)cc3)c(N3CCCCC3)c(N)c2=O)cc1O. The van der Waals surface area contributed by atoms with E-state index in [-0.39, 0.29) is 17.3 Å². The number of aromatic nitrogens is 2. The van der Waals surface area contributed by atoms with Crippen molar-refractivity contribution in [3.63, 3.8) is 0 Å². The van der Waals surface area contributed by atoms with Gasteiger partial charge in [-0.2, -0.15) is 9.78 Å². The lowest BCUT2D eigenvalue weighted by atomic mass is 10.1. The zero-order chi connectivity index (χ0) is 21.3. The molecule has 0 saturated carbocycles. The normalized spacial score (nSPS) is 14.1. The van der Waals surface area contributed by atoms with Crippen LogP contribution in [0.4, 0.5) is 15.8 Å². The van der Waals surface area contributed by atoms with Crippen molar-refractivity contribution in [1.29, 1.82) is 0 Å². The number of phenolic OH excluding ortho intramolecular Hbond substituents is 1. The summed E-state index contributed by atoms with van der Waals surface area (Å²) in [4.78, 5) is 15.2. The molecule has 1 aliphatic rings. The van der Waals surface area contributed by atoms with Crippen LogP contribution >= 0.6 is 0 Å². The second-order valence-electron chi connectivity index (χ2n) is 7.55. The van der Waals surface area contributed by atoms with E-state index in [0.29, 0.717) is 29.1 Å². The van der Waals surface area contributed by atoms with Gasteiger partial charge in [0.1, 0.15) is 22.9 Å². The molecule has 0 atom stereocenters. The fourth-order valence-corrected chi connectivity index (χ4v) is 3.93. The van der Waals surface area contributed by atoms with Gasteiger partial charge >= 0.3 is 0 Å². The van der Waals surface area contributed by atoms with Gasteiger partial charge in [0, 0.05) is 24.7 Å². The average molecular weight is 408 g/mol. The number of halogens is 1. The Morgan fingerprint density at radius 2 is 1.80 bits per heavy atom. The van der Waals surface area contributed by atoms with Gasteiger partial charge in [0.05, 0.1) is 11.4 Å². The van der Waals surface area contributed by atoms with Crippen molar-refractivity contribution in [1.82, 2.24) is 9.78 Å². The molecular formula is C23H25FN4O2. The number of aryl methyl sites for hydroxylation is 1. The van der Waals surface area contributed by atoms with Crippen LogP contribution < -0.4 is 16.2 Å². The summed E-state index contributed by atoms with van der Waals surface area (Å²) >= 11 is 0. The number of piperidine rings is 1. The highest BCUT2D eigenvalue weighted by atomic mass is 19.1. The summed E-state index contributed by atoms with van der Waals surface area (Å²) < 4.78 is 14.7. The molecule has 2 aromatic carbocycles. The standard InChI is InChI=1S/C23H25FN4O2/c1-2-15-8-11-18(14-19(15)29)28-23(30)20(25)22(27-12-4-3-5-13-27)21(26-28)16-6-9-17(24)10-7-16/h6-11,14,29H,2-5,12-13,25H2,1H3. The Hall–Kier alpha value is -3.35. The summed E-state index contributed by atoms with van der Waals surface area (Å²) in [5, 5.41) is 14.9. The number of nitrogens with two attached hydrogens (primary N) is 1. The Labute approximate surface area is 174 Å². The van der Waals surface area contributed by atoms with Crippen LogP contribution in [0.15, 0.2) is 47.3 Å². The van der Waals surface area contributed by atoms with E-state index < -0.39 is 5.56 Å². The lowest BCUT2D eigenvalue weighted by Gasteiger charge is -2.31. The van der Waals surface area contributed by atoms with Gasteiger partial charge < -0.3 is 15.7 Å². The molecule has 0 bridgehead atoms. The van der Waals surface area contributed by atoms with Gasteiger partial charge in [-0.25, -0.2) is 4.39 Å². The lowest BCUT2D eigenvalue weighted by Crippen LogP contribution is -2.35. The fraction of sp³-hybridized carbons (Fsp3) is 0.304. The molecule has 0 aliphatic carbocycles. The maximum Gasteiger partial charge on any atom is 0.296 e. The predicted molar refractivity (Wildman–Crippen MR) is 117 cm³/mol. The summed E-state index contributed by atoms with van der Waals surface area (Å²) in [6.45, 7) is 3.52. The van der Waals surface area contributed by atoms with Gasteiger partial charge in [-0.05, 0) is 61.6 Å². The minimum Gasteiger partial charge on any atom is -0.508 e. The van der Waals surface area contributed by atoms with Crippen LogP contribution in [0.2, 0.25) is 0 Å².